The van der Waals surface area contributed by atoms with Gasteiger partial charge in [0.1, 0.15) is 5.00 Å². The predicted molar refractivity (Wildman–Crippen MR) is 128 cm³/mol. The molecule has 2 fully saturated rings. The quantitative estimate of drug-likeness (QED) is 0.569. The molecule has 4 rings (SSSR count). The minimum Gasteiger partial charge on any atom is -0.462 e. The Kier molecular flexibility index (Phi) is 7.02. The van der Waals surface area contributed by atoms with Crippen molar-refractivity contribution in [2.75, 3.05) is 30.0 Å². The SMILES string of the molecule is CCOC(=O)c1c(C2CC2)csc1NC(=O)COC(=O)C1CC(=O)N(c2cccc(C)c2C)C1. The Hall–Kier alpha value is -3.20. The van der Waals surface area contributed by atoms with Gasteiger partial charge in [0, 0.05) is 18.7 Å². The summed E-state index contributed by atoms with van der Waals surface area (Å²) in [5.41, 5.74) is 4.12. The average molecular weight is 485 g/mol. The fraction of sp³-hybridized carbons (Fsp3) is 0.440. The number of anilines is 2. The molecule has 0 spiro atoms. The van der Waals surface area contributed by atoms with E-state index in [1.54, 1.807) is 11.8 Å². The van der Waals surface area contributed by atoms with Gasteiger partial charge < -0.3 is 19.7 Å². The van der Waals surface area contributed by atoms with E-state index in [0.717, 1.165) is 35.2 Å². The Bertz CT molecular complexity index is 1140. The third-order valence-electron chi connectivity index (χ3n) is 6.24. The zero-order valence-electron chi connectivity index (χ0n) is 19.5. The summed E-state index contributed by atoms with van der Waals surface area (Å²) < 4.78 is 10.4. The summed E-state index contributed by atoms with van der Waals surface area (Å²) in [4.78, 5) is 51.7. The van der Waals surface area contributed by atoms with Gasteiger partial charge in [-0.2, -0.15) is 0 Å². The fourth-order valence-electron chi connectivity index (χ4n) is 4.12. The maximum Gasteiger partial charge on any atom is 0.341 e. The monoisotopic (exact) mass is 484 g/mol. The first-order valence-electron chi connectivity index (χ1n) is 11.4. The average Bonchev–Trinajstić information content (AvgIpc) is 3.45. The summed E-state index contributed by atoms with van der Waals surface area (Å²) in [5, 5.41) is 4.95. The number of rotatable bonds is 8. The van der Waals surface area contributed by atoms with Crippen LogP contribution in [0, 0.1) is 19.8 Å². The number of nitrogens with zero attached hydrogens (tertiary/aromatic N) is 1. The number of benzene rings is 1. The van der Waals surface area contributed by atoms with Gasteiger partial charge in [-0.1, -0.05) is 12.1 Å². The van der Waals surface area contributed by atoms with Crippen LogP contribution < -0.4 is 10.2 Å². The maximum atomic E-state index is 12.6. The lowest BCUT2D eigenvalue weighted by molar-refractivity contribution is -0.151. The van der Waals surface area contributed by atoms with E-state index in [1.807, 2.05) is 37.4 Å². The number of amides is 2. The van der Waals surface area contributed by atoms with Crippen LogP contribution in [-0.4, -0.2) is 43.5 Å². The van der Waals surface area contributed by atoms with E-state index in [-0.39, 0.29) is 25.5 Å². The molecule has 9 heteroatoms. The van der Waals surface area contributed by atoms with Crippen molar-refractivity contribution < 1.29 is 28.7 Å². The van der Waals surface area contributed by atoms with Crippen molar-refractivity contribution in [3.8, 4) is 0 Å². The highest BCUT2D eigenvalue weighted by Gasteiger charge is 2.37. The summed E-state index contributed by atoms with van der Waals surface area (Å²) in [5.74, 6) is -2.07. The second-order valence-corrected chi connectivity index (χ2v) is 9.55. The summed E-state index contributed by atoms with van der Waals surface area (Å²) in [6.45, 7) is 5.60. The van der Waals surface area contributed by atoms with Crippen LogP contribution >= 0.6 is 11.3 Å². The molecule has 8 nitrogen and oxygen atoms in total. The zero-order chi connectivity index (χ0) is 24.4. The van der Waals surface area contributed by atoms with Gasteiger partial charge in [0.15, 0.2) is 6.61 Å². The molecule has 1 aromatic carbocycles. The Morgan fingerprint density at radius 3 is 2.65 bits per heavy atom. The molecule has 1 aliphatic heterocycles. The molecule has 1 aliphatic carbocycles. The van der Waals surface area contributed by atoms with Gasteiger partial charge in [0.05, 0.1) is 18.1 Å². The van der Waals surface area contributed by atoms with Gasteiger partial charge in [0.25, 0.3) is 5.91 Å². The molecule has 1 atom stereocenters. The Morgan fingerprint density at radius 2 is 1.94 bits per heavy atom. The van der Waals surface area contributed by atoms with E-state index in [2.05, 4.69) is 5.32 Å². The van der Waals surface area contributed by atoms with Crippen molar-refractivity contribution in [1.29, 1.82) is 0 Å². The third-order valence-corrected chi connectivity index (χ3v) is 7.15. The van der Waals surface area contributed by atoms with Gasteiger partial charge in [-0.15, -0.1) is 11.3 Å². The number of esters is 2. The van der Waals surface area contributed by atoms with Crippen LogP contribution in [0.4, 0.5) is 10.7 Å². The molecule has 2 aromatic rings. The van der Waals surface area contributed by atoms with Gasteiger partial charge in [0.2, 0.25) is 5.91 Å². The lowest BCUT2D eigenvalue weighted by atomic mass is 10.1. The first kappa shape index (κ1) is 23.9. The van der Waals surface area contributed by atoms with Crippen molar-refractivity contribution >= 4 is 45.8 Å². The number of aryl methyl sites for hydroxylation is 1. The van der Waals surface area contributed by atoms with Crippen LogP contribution in [-0.2, 0) is 23.9 Å². The van der Waals surface area contributed by atoms with E-state index in [9.17, 15) is 19.2 Å². The molecular formula is C25H28N2O6S. The maximum absolute atomic E-state index is 12.6. The summed E-state index contributed by atoms with van der Waals surface area (Å²) >= 11 is 1.26. The van der Waals surface area contributed by atoms with E-state index in [0.29, 0.717) is 16.5 Å². The van der Waals surface area contributed by atoms with Crippen LogP contribution in [0.25, 0.3) is 0 Å². The molecule has 0 bridgehead atoms. The fourth-order valence-corrected chi connectivity index (χ4v) is 5.16. The van der Waals surface area contributed by atoms with Crippen molar-refractivity contribution in [3.63, 3.8) is 0 Å². The smallest absolute Gasteiger partial charge is 0.341 e. The van der Waals surface area contributed by atoms with Crippen molar-refractivity contribution in [1.82, 2.24) is 0 Å². The first-order valence-corrected chi connectivity index (χ1v) is 12.3. The normalized spacial score (nSPS) is 17.6. The minimum absolute atomic E-state index is 0.0382. The summed E-state index contributed by atoms with van der Waals surface area (Å²) in [6.07, 6.45) is 2.05. The topological polar surface area (TPSA) is 102 Å². The number of hydrogen-bond donors (Lipinski definition) is 1. The van der Waals surface area contributed by atoms with Gasteiger partial charge in [-0.05, 0) is 67.7 Å². The number of hydrogen-bond acceptors (Lipinski definition) is 7. The molecule has 2 aliphatic rings. The van der Waals surface area contributed by atoms with Crippen molar-refractivity contribution in [2.45, 2.75) is 46.0 Å². The third kappa shape index (κ3) is 4.99. The minimum atomic E-state index is -0.640. The highest BCUT2D eigenvalue weighted by atomic mass is 32.1. The zero-order valence-corrected chi connectivity index (χ0v) is 20.3. The molecule has 1 saturated heterocycles. The highest BCUT2D eigenvalue weighted by Crippen LogP contribution is 2.46. The van der Waals surface area contributed by atoms with Gasteiger partial charge in [-0.3, -0.25) is 14.4 Å². The van der Waals surface area contributed by atoms with E-state index < -0.39 is 30.4 Å². The molecule has 1 saturated carbocycles. The number of ether oxygens (including phenoxy) is 2. The molecule has 2 heterocycles. The van der Waals surface area contributed by atoms with Crippen molar-refractivity contribution in [3.05, 3.63) is 45.8 Å². The van der Waals surface area contributed by atoms with Crippen LogP contribution in [0.3, 0.4) is 0 Å². The largest absolute Gasteiger partial charge is 0.462 e. The van der Waals surface area contributed by atoms with Gasteiger partial charge >= 0.3 is 11.9 Å². The van der Waals surface area contributed by atoms with E-state index in [4.69, 9.17) is 9.47 Å². The Morgan fingerprint density at radius 1 is 1.18 bits per heavy atom. The molecule has 2 amide bonds. The molecule has 34 heavy (non-hydrogen) atoms. The van der Waals surface area contributed by atoms with E-state index >= 15 is 0 Å². The number of thiophene rings is 1. The van der Waals surface area contributed by atoms with Crippen LogP contribution in [0.2, 0.25) is 0 Å². The summed E-state index contributed by atoms with van der Waals surface area (Å²) in [7, 11) is 0. The molecule has 180 valence electrons. The Balaban J connectivity index is 1.35. The number of nitrogens with one attached hydrogen (secondary N) is 1. The lowest BCUT2D eigenvalue weighted by Crippen LogP contribution is -2.28. The van der Waals surface area contributed by atoms with Crippen LogP contribution in [0.1, 0.15) is 59.2 Å². The van der Waals surface area contributed by atoms with E-state index in [1.165, 1.54) is 11.3 Å². The number of carbonyl (C=O) groups excluding carboxylic acids is 4. The van der Waals surface area contributed by atoms with Crippen LogP contribution in [0.15, 0.2) is 23.6 Å². The molecule has 1 aromatic heterocycles. The molecule has 0 radical (unpaired) electrons. The standard InChI is InChI=1S/C25H28N2O6S/c1-4-32-25(31)22-18(16-8-9-16)13-34-23(22)26-20(28)12-33-24(30)17-10-21(29)27(11-17)19-7-5-6-14(2)15(19)3/h5-7,13,16-17H,4,8-12H2,1-3H3,(H,26,28). The lowest BCUT2D eigenvalue weighted by Gasteiger charge is -2.20. The predicted octanol–water partition coefficient (Wildman–Crippen LogP) is 3.95. The molecular weight excluding hydrogens is 456 g/mol. The second-order valence-electron chi connectivity index (χ2n) is 8.67. The number of carbonyl (C=O) groups is 4. The second kappa shape index (κ2) is 9.97. The summed E-state index contributed by atoms with van der Waals surface area (Å²) in [6, 6.07) is 5.71. The highest BCUT2D eigenvalue weighted by molar-refractivity contribution is 7.15. The molecule has 1 N–H and O–H groups in total. The first-order chi connectivity index (χ1) is 16.3. The van der Waals surface area contributed by atoms with Crippen LogP contribution in [0.5, 0.6) is 0 Å². The Labute approximate surface area is 202 Å². The molecule has 1 unspecified atom stereocenters. The van der Waals surface area contributed by atoms with Crippen molar-refractivity contribution in [2.24, 2.45) is 5.92 Å². The van der Waals surface area contributed by atoms with Gasteiger partial charge in [-0.25, -0.2) is 4.79 Å².